The molecule has 6 fully saturated rings. The number of aliphatic hydroxyl groups excluding tert-OH is 1. The van der Waals surface area contributed by atoms with Crippen molar-refractivity contribution in [2.75, 3.05) is 76.9 Å². The van der Waals surface area contributed by atoms with Crippen molar-refractivity contribution in [1.82, 2.24) is 50.0 Å². The number of rotatable bonds is 17. The lowest BCUT2D eigenvalue weighted by molar-refractivity contribution is -0.112. The number of nitrogens with zero attached hydrogens (tertiary/aromatic N) is 8. The van der Waals surface area contributed by atoms with Gasteiger partial charge in [-0.2, -0.15) is 15.2 Å². The van der Waals surface area contributed by atoms with Gasteiger partial charge < -0.3 is 56.4 Å². The molecule has 0 spiro atoms. The molecule has 488 valence electrons. The number of aliphatic hydroxyl groups is 1. The van der Waals surface area contributed by atoms with Crippen molar-refractivity contribution in [1.29, 1.82) is 5.41 Å². The Morgan fingerprint density at radius 3 is 2.27 bits per heavy atom. The first-order chi connectivity index (χ1) is 43.9. The van der Waals surface area contributed by atoms with Crippen LogP contribution in [0.15, 0.2) is 90.0 Å². The highest BCUT2D eigenvalue weighted by atomic mass is 19.1. The number of nitrogen functional groups attached to an aromatic ring is 1. The average Bonchev–Trinajstić information content (AvgIpc) is 1.32. The number of hydrogen-bond acceptors (Lipinski definition) is 17. The number of nitrogens with one attached hydrogen (secondary N) is 5. The summed E-state index contributed by atoms with van der Waals surface area (Å²) in [6.07, 6.45) is 16.3. The number of ether oxygens (including phenoxy) is 1. The molecule has 91 heavy (non-hydrogen) atoms. The fraction of sp³-hybridized carbons (Fsp3) is 0.486. The van der Waals surface area contributed by atoms with Crippen LogP contribution in [0.3, 0.4) is 0 Å². The number of likely N-dealkylation sites (tertiary alicyclic amines) is 1. The Hall–Kier alpha value is -7.95. The van der Waals surface area contributed by atoms with Gasteiger partial charge in [-0.1, -0.05) is 76.1 Å². The first kappa shape index (κ1) is 68.9. The molecule has 6 atom stereocenters. The Bertz CT molecular complexity index is 3640. The van der Waals surface area contributed by atoms with Crippen molar-refractivity contribution in [2.45, 2.75) is 148 Å². The zero-order valence-electron chi connectivity index (χ0n) is 54.8. The number of fused-ring (bicyclic) bond motifs is 4. The number of aryl methyl sites for hydroxylation is 2. The number of benzene rings is 4. The van der Waals surface area contributed by atoms with Gasteiger partial charge in [0.15, 0.2) is 12.0 Å². The van der Waals surface area contributed by atoms with E-state index in [2.05, 4.69) is 102 Å². The van der Waals surface area contributed by atoms with E-state index in [0.717, 1.165) is 117 Å². The molecule has 7 aromatic rings. The minimum Gasteiger partial charge on any atom is -0.486 e. The van der Waals surface area contributed by atoms with E-state index in [1.165, 1.54) is 55.1 Å². The Balaban J connectivity index is 0.000000211. The van der Waals surface area contributed by atoms with Gasteiger partial charge in [0.1, 0.15) is 42.9 Å². The Labute approximate surface area is 535 Å². The highest BCUT2D eigenvalue weighted by Crippen LogP contribution is 2.44. The number of anilines is 3. The van der Waals surface area contributed by atoms with Gasteiger partial charge in [-0.15, -0.1) is 0 Å². The number of aldehydes is 3. The molecule has 8 heterocycles. The zero-order valence-corrected chi connectivity index (χ0v) is 54.8. The summed E-state index contributed by atoms with van der Waals surface area (Å²) in [5.74, 6) is 2.14. The number of carbonyl (C=O) groups excluding carboxylic acids is 3. The lowest BCUT2D eigenvalue weighted by Crippen LogP contribution is -2.44. The van der Waals surface area contributed by atoms with Crippen LogP contribution in [0.1, 0.15) is 125 Å². The van der Waals surface area contributed by atoms with E-state index < -0.39 is 17.9 Å². The van der Waals surface area contributed by atoms with Crippen LogP contribution in [-0.4, -0.2) is 160 Å². The molecular formula is C70H95FN14O6. The van der Waals surface area contributed by atoms with Crippen molar-refractivity contribution in [2.24, 2.45) is 11.8 Å². The molecule has 4 aromatic carbocycles. The molecule has 1 saturated carbocycles. The van der Waals surface area contributed by atoms with Crippen molar-refractivity contribution in [3.05, 3.63) is 124 Å². The second-order valence-electron chi connectivity index (χ2n) is 25.2. The fourth-order valence-corrected chi connectivity index (χ4v) is 13.0. The number of carbonyl (C=O) groups is 3. The SMILES string of the molecule is CC1CC1.CCn1nccc1-c1ccc(CNC)cc1.CN1CCCC1C=O.CNc1cc(COc2c(-c3c(C)ccc(N)c3C=N)ccc3c(N4CC5CC4CN5)nc(=O)[nH]c23)ccc1-c1cn(C(C=O)C(C)C)nc1C=O.CO.C[C@@]12CCCN1CC(F)C2. The van der Waals surface area contributed by atoms with E-state index in [-0.39, 0.29) is 35.8 Å². The van der Waals surface area contributed by atoms with Crippen LogP contribution in [0.4, 0.5) is 21.6 Å². The summed E-state index contributed by atoms with van der Waals surface area (Å²) in [5.41, 5.74) is 16.8. The van der Waals surface area contributed by atoms with Crippen LogP contribution in [0.2, 0.25) is 0 Å². The second kappa shape index (κ2) is 31.9. The number of hydrogen-bond donors (Lipinski definition) is 7. The first-order valence-corrected chi connectivity index (χ1v) is 32.1. The predicted molar refractivity (Wildman–Crippen MR) is 362 cm³/mol. The van der Waals surface area contributed by atoms with Crippen LogP contribution in [-0.2, 0) is 29.3 Å². The quantitative estimate of drug-likeness (QED) is 0.0254. The third-order valence-electron chi connectivity index (χ3n) is 18.3. The van der Waals surface area contributed by atoms with Gasteiger partial charge in [-0.25, -0.2) is 9.18 Å². The lowest BCUT2D eigenvalue weighted by atomic mass is 9.92. The van der Waals surface area contributed by atoms with Crippen molar-refractivity contribution >= 4 is 53.2 Å². The molecule has 3 aromatic heterocycles. The zero-order chi connectivity index (χ0) is 65.5. The van der Waals surface area contributed by atoms with Crippen LogP contribution in [0.5, 0.6) is 5.75 Å². The monoisotopic (exact) mass is 1250 g/mol. The number of likely N-dealkylation sites (N-methyl/N-ethyl adjacent to an activating group) is 1. The number of alkyl halides is 1. The Kier molecular flexibility index (Phi) is 24.1. The lowest BCUT2D eigenvalue weighted by Gasteiger charge is -2.29. The van der Waals surface area contributed by atoms with Crippen LogP contribution < -0.4 is 37.0 Å². The minimum atomic E-state index is -0.551. The molecular weight excluding hydrogens is 1150 g/mol. The second-order valence-corrected chi connectivity index (χ2v) is 25.2. The topological polar surface area (TPSA) is 258 Å². The Morgan fingerprint density at radius 1 is 0.956 bits per heavy atom. The number of aromatic nitrogens is 6. The maximum atomic E-state index is 13.2. The van der Waals surface area contributed by atoms with Gasteiger partial charge >= 0.3 is 5.69 Å². The number of halogens is 1. The fourth-order valence-electron chi connectivity index (χ4n) is 13.0. The van der Waals surface area contributed by atoms with E-state index >= 15 is 0 Å². The highest BCUT2D eigenvalue weighted by Gasteiger charge is 2.45. The molecule has 5 unspecified atom stereocenters. The van der Waals surface area contributed by atoms with Crippen LogP contribution in [0, 0.1) is 24.2 Å². The van der Waals surface area contributed by atoms with E-state index in [1.54, 1.807) is 24.0 Å². The van der Waals surface area contributed by atoms with E-state index in [0.29, 0.717) is 58.3 Å². The minimum absolute atomic E-state index is 0.00696. The molecule has 6 aliphatic rings. The van der Waals surface area contributed by atoms with Crippen molar-refractivity contribution < 1.29 is 28.6 Å². The summed E-state index contributed by atoms with van der Waals surface area (Å²) in [6.45, 7) is 18.8. The van der Waals surface area contributed by atoms with Gasteiger partial charge in [0.25, 0.3) is 0 Å². The maximum Gasteiger partial charge on any atom is 0.347 e. The van der Waals surface area contributed by atoms with E-state index in [4.69, 9.17) is 21.0 Å². The first-order valence-electron chi connectivity index (χ1n) is 32.1. The molecule has 21 heteroatoms. The molecule has 5 aliphatic heterocycles. The summed E-state index contributed by atoms with van der Waals surface area (Å²) in [5, 5.41) is 34.6. The molecule has 1 aliphatic carbocycles. The molecule has 0 amide bonds. The van der Waals surface area contributed by atoms with Crippen molar-refractivity contribution in [3.8, 4) is 39.3 Å². The molecule has 13 rings (SSSR count). The molecule has 20 nitrogen and oxygen atoms in total. The summed E-state index contributed by atoms with van der Waals surface area (Å²) < 4.78 is 23.1. The number of H-pyrrole nitrogens is 1. The highest BCUT2D eigenvalue weighted by molar-refractivity contribution is 6.03. The number of nitrogens with two attached hydrogens (primary N) is 1. The van der Waals surface area contributed by atoms with Crippen LogP contribution >= 0.6 is 0 Å². The average molecular weight is 1250 g/mol. The third-order valence-corrected chi connectivity index (χ3v) is 18.3. The summed E-state index contributed by atoms with van der Waals surface area (Å²) in [7, 11) is 6.74. The van der Waals surface area contributed by atoms with Gasteiger partial charge in [-0.05, 0) is 156 Å². The smallest absolute Gasteiger partial charge is 0.347 e. The largest absolute Gasteiger partial charge is 0.486 e. The van der Waals surface area contributed by atoms with Gasteiger partial charge in [0.2, 0.25) is 0 Å². The maximum absolute atomic E-state index is 13.2. The molecule has 0 radical (unpaired) electrons. The summed E-state index contributed by atoms with van der Waals surface area (Å²) in [6, 6.07) is 24.3. The van der Waals surface area contributed by atoms with E-state index in [9.17, 15) is 23.6 Å². The van der Waals surface area contributed by atoms with Gasteiger partial charge in [0, 0.05) is 122 Å². The summed E-state index contributed by atoms with van der Waals surface area (Å²) >= 11 is 0. The van der Waals surface area contributed by atoms with Gasteiger partial charge in [-0.3, -0.25) is 24.0 Å². The molecule has 8 N–H and O–H groups in total. The molecule has 5 saturated heterocycles. The summed E-state index contributed by atoms with van der Waals surface area (Å²) in [4.78, 5) is 61.3. The number of piperazine rings is 1. The Morgan fingerprint density at radius 2 is 1.69 bits per heavy atom. The predicted octanol–water partition coefficient (Wildman–Crippen LogP) is 9.90. The van der Waals surface area contributed by atoms with E-state index in [1.807, 2.05) is 82.1 Å². The molecule has 2 bridgehead atoms. The standard InChI is InChI=1S/C38H41N9O4.C13H17N3.C8H14FN.C6H11NO.C4H8.CH4O/c1-20(2)33(18-49)47-16-29(32(17-48)45-47)25-7-6-22(11-31(25)41-4)19-51-36-26(34-21(3)5-10-30(40)28(34)13-39)8-9-27-35(36)43-38(50)44-37(27)46-15-23-12-24(46)14-42-23;1-3-16-13(8-9-15-16)12-6-4-11(5-7-12)10-14-2;1-8-3-2-4-10(8)6-7(9)5-8;1-7-4-2-3-6(7)5-8;1-4-2-3-4;1-2/h5-11,13,16-18,20,23-24,33,39,41-42H,12,14-15,19,40H2,1-4H3,(H,43,44,50);4-9,14H,3,10H2,1-2H3;7H,2-6H2,1H3;5-6H,2-4H2,1H3;4H,2-3H2,1H3;2H,1H3/t;;7?,8-;;;/m..0.../s1. The van der Waals surface area contributed by atoms with Crippen molar-refractivity contribution in [3.63, 3.8) is 0 Å². The van der Waals surface area contributed by atoms with Gasteiger partial charge in [0.05, 0.1) is 17.3 Å². The number of aromatic amines is 1. The normalized spacial score (nSPS) is 20.7. The van der Waals surface area contributed by atoms with Crippen LogP contribution in [0.25, 0.3) is 44.4 Å². The third kappa shape index (κ3) is 16.4.